The van der Waals surface area contributed by atoms with Crippen molar-refractivity contribution in [3.8, 4) is 5.69 Å². The Bertz CT molecular complexity index is 771. The van der Waals surface area contributed by atoms with Crippen LogP contribution in [0.1, 0.15) is 18.0 Å². The van der Waals surface area contributed by atoms with Crippen molar-refractivity contribution in [3.63, 3.8) is 0 Å². The van der Waals surface area contributed by atoms with Gasteiger partial charge in [-0.3, -0.25) is 9.79 Å². The first kappa shape index (κ1) is 19.2. The fourth-order valence-corrected chi connectivity index (χ4v) is 3.06. The molecule has 134 valence electrons. The van der Waals surface area contributed by atoms with Gasteiger partial charge in [0.15, 0.2) is 5.96 Å². The summed E-state index contributed by atoms with van der Waals surface area (Å²) >= 11 is 0. The zero-order chi connectivity index (χ0) is 17.3. The highest BCUT2D eigenvalue weighted by Crippen LogP contribution is 2.37. The fraction of sp³-hybridized carbons (Fsp3) is 0.312. The minimum Gasteiger partial charge on any atom is -0.370 e. The minimum atomic E-state index is -0.301. The summed E-state index contributed by atoms with van der Waals surface area (Å²) in [7, 11) is 1.76. The number of nitrogens with two attached hydrogens (primary N) is 2. The van der Waals surface area contributed by atoms with Crippen LogP contribution in [0.3, 0.4) is 0 Å². The van der Waals surface area contributed by atoms with Crippen LogP contribution in [0.4, 0.5) is 4.39 Å². The molecule has 7 nitrogen and oxygen atoms in total. The molecule has 2 atom stereocenters. The van der Waals surface area contributed by atoms with Gasteiger partial charge in [0, 0.05) is 37.7 Å². The summed E-state index contributed by atoms with van der Waals surface area (Å²) in [5.74, 6) is -0.261. The average Bonchev–Trinajstić information content (AvgIpc) is 3.12. The molecule has 3 rings (SSSR count). The van der Waals surface area contributed by atoms with Crippen LogP contribution in [0.5, 0.6) is 0 Å². The van der Waals surface area contributed by atoms with E-state index in [4.69, 9.17) is 11.5 Å². The van der Waals surface area contributed by atoms with Crippen LogP contribution in [0.25, 0.3) is 5.69 Å². The van der Waals surface area contributed by atoms with Gasteiger partial charge >= 0.3 is 0 Å². The third kappa shape index (κ3) is 4.09. The highest BCUT2D eigenvalue weighted by Gasteiger charge is 2.39. The molecule has 0 spiro atoms. The molecular formula is C16H20FIN6O. The molecule has 0 aliphatic carbocycles. The molecule has 1 fully saturated rings. The lowest BCUT2D eigenvalue weighted by Gasteiger charge is -2.22. The molecule has 1 aliphatic rings. The third-order valence-electron chi connectivity index (χ3n) is 4.24. The van der Waals surface area contributed by atoms with Gasteiger partial charge in [-0.2, -0.15) is 5.10 Å². The number of likely N-dealkylation sites (tertiary alicyclic amines) is 1. The maximum atomic E-state index is 13.0. The van der Waals surface area contributed by atoms with E-state index in [0.29, 0.717) is 13.0 Å². The number of nitrogens with zero attached hydrogens (tertiary/aromatic N) is 4. The van der Waals surface area contributed by atoms with E-state index >= 15 is 0 Å². The van der Waals surface area contributed by atoms with Crippen LogP contribution in [0, 0.1) is 11.7 Å². The molecule has 2 heterocycles. The molecule has 0 saturated carbocycles. The van der Waals surface area contributed by atoms with Gasteiger partial charge in [-0.1, -0.05) is 0 Å². The highest BCUT2D eigenvalue weighted by atomic mass is 127. The lowest BCUT2D eigenvalue weighted by Crippen LogP contribution is -2.27. The summed E-state index contributed by atoms with van der Waals surface area (Å²) < 4.78 is 14.7. The van der Waals surface area contributed by atoms with E-state index < -0.39 is 0 Å². The third-order valence-corrected chi connectivity index (χ3v) is 4.24. The lowest BCUT2D eigenvalue weighted by atomic mass is 9.96. The monoisotopic (exact) mass is 458 g/mol. The Morgan fingerprint density at radius 2 is 2.04 bits per heavy atom. The molecule has 0 bridgehead atoms. The molecule has 1 amide bonds. The molecule has 2 aromatic rings. The first-order chi connectivity index (χ1) is 11.5. The second-order valence-electron chi connectivity index (χ2n) is 5.87. The van der Waals surface area contributed by atoms with Crippen molar-refractivity contribution in [1.82, 2.24) is 14.7 Å². The molecule has 1 aromatic carbocycles. The van der Waals surface area contributed by atoms with Gasteiger partial charge in [-0.15, -0.1) is 24.0 Å². The molecule has 1 aromatic heterocycles. The van der Waals surface area contributed by atoms with Crippen molar-refractivity contribution in [2.75, 3.05) is 13.6 Å². The number of aliphatic imine (C=N–C) groups is 1. The molecule has 0 radical (unpaired) electrons. The second-order valence-corrected chi connectivity index (χ2v) is 5.87. The molecule has 9 heteroatoms. The number of halogens is 2. The first-order valence-electron chi connectivity index (χ1n) is 7.57. The van der Waals surface area contributed by atoms with Crippen molar-refractivity contribution in [1.29, 1.82) is 0 Å². The number of amides is 1. The lowest BCUT2D eigenvalue weighted by molar-refractivity contribution is -0.127. The molecule has 25 heavy (non-hydrogen) atoms. The zero-order valence-electron chi connectivity index (χ0n) is 13.7. The van der Waals surface area contributed by atoms with Crippen LogP contribution in [-0.2, 0) is 4.79 Å². The highest BCUT2D eigenvalue weighted by molar-refractivity contribution is 14.0. The number of rotatable bonds is 4. The van der Waals surface area contributed by atoms with Crippen molar-refractivity contribution >= 4 is 35.8 Å². The van der Waals surface area contributed by atoms with Gasteiger partial charge in [0.25, 0.3) is 0 Å². The molecule has 0 unspecified atom stereocenters. The van der Waals surface area contributed by atoms with Crippen molar-refractivity contribution in [2.45, 2.75) is 12.5 Å². The number of hydrogen-bond donors (Lipinski definition) is 2. The Kier molecular flexibility index (Phi) is 5.98. The summed E-state index contributed by atoms with van der Waals surface area (Å²) in [6.45, 7) is 0.380. The van der Waals surface area contributed by atoms with Crippen LogP contribution in [0.2, 0.25) is 0 Å². The van der Waals surface area contributed by atoms with E-state index in [1.165, 1.54) is 12.1 Å². The Balaban J connectivity index is 0.00000225. The van der Waals surface area contributed by atoms with Crippen molar-refractivity contribution in [2.24, 2.45) is 22.4 Å². The Hall–Kier alpha value is -2.17. The summed E-state index contributed by atoms with van der Waals surface area (Å²) in [4.78, 5) is 17.8. The van der Waals surface area contributed by atoms with Gasteiger partial charge in [0.1, 0.15) is 5.82 Å². The van der Waals surface area contributed by atoms with Crippen molar-refractivity contribution < 1.29 is 9.18 Å². The maximum absolute atomic E-state index is 13.0. The normalized spacial score (nSPS) is 19.6. The quantitative estimate of drug-likeness (QED) is 0.411. The molecular weight excluding hydrogens is 438 g/mol. The van der Waals surface area contributed by atoms with E-state index in [2.05, 4.69) is 10.1 Å². The standard InChI is InChI=1S/C16H19FN6O.HI/c1-22-14(24)6-10(7-20-16(18)19)15(22)11-8-21-23(9-11)13-4-2-12(17)3-5-13;/h2-5,8-10,15H,6-7H2,1H3,(H4,18,19,20);1H/t10-,15+;/m0./s1. The summed E-state index contributed by atoms with van der Waals surface area (Å²) in [5.41, 5.74) is 12.4. The summed E-state index contributed by atoms with van der Waals surface area (Å²) in [6.07, 6.45) is 3.95. The summed E-state index contributed by atoms with van der Waals surface area (Å²) in [5, 5.41) is 4.32. The number of guanidine groups is 1. The first-order valence-corrected chi connectivity index (χ1v) is 7.57. The average molecular weight is 458 g/mol. The van der Waals surface area contributed by atoms with Crippen LogP contribution < -0.4 is 11.5 Å². The van der Waals surface area contributed by atoms with Gasteiger partial charge in [-0.25, -0.2) is 9.07 Å². The number of aromatic nitrogens is 2. The predicted octanol–water partition coefficient (Wildman–Crippen LogP) is 1.42. The topological polar surface area (TPSA) is 103 Å². The Morgan fingerprint density at radius 1 is 1.36 bits per heavy atom. The molecule has 1 aliphatic heterocycles. The van der Waals surface area contributed by atoms with Gasteiger partial charge < -0.3 is 16.4 Å². The fourth-order valence-electron chi connectivity index (χ4n) is 3.06. The number of carbonyl (C=O) groups is 1. The van der Waals surface area contributed by atoms with Crippen molar-refractivity contribution in [3.05, 3.63) is 48.0 Å². The van der Waals surface area contributed by atoms with Gasteiger partial charge in [0.2, 0.25) is 5.91 Å². The number of hydrogen-bond acceptors (Lipinski definition) is 3. The second kappa shape index (κ2) is 7.81. The zero-order valence-corrected chi connectivity index (χ0v) is 16.0. The van der Waals surface area contributed by atoms with Crippen LogP contribution >= 0.6 is 24.0 Å². The van der Waals surface area contributed by atoms with Crippen LogP contribution in [-0.4, -0.2) is 40.1 Å². The number of benzene rings is 1. The minimum absolute atomic E-state index is 0. The summed E-state index contributed by atoms with van der Waals surface area (Å²) in [6, 6.07) is 5.90. The Labute approximate surface area is 161 Å². The van der Waals surface area contributed by atoms with E-state index in [1.807, 2.05) is 6.20 Å². The smallest absolute Gasteiger partial charge is 0.223 e. The van der Waals surface area contributed by atoms with E-state index in [1.54, 1.807) is 35.0 Å². The van der Waals surface area contributed by atoms with E-state index in [-0.39, 0.29) is 53.6 Å². The van der Waals surface area contributed by atoms with Crippen LogP contribution in [0.15, 0.2) is 41.7 Å². The molecule has 1 saturated heterocycles. The van der Waals surface area contributed by atoms with Gasteiger partial charge in [-0.05, 0) is 24.3 Å². The Morgan fingerprint density at radius 3 is 2.68 bits per heavy atom. The SMILES string of the molecule is CN1C(=O)C[C@@H](CN=C(N)N)[C@@H]1c1cnn(-c2ccc(F)cc2)c1.I. The predicted molar refractivity (Wildman–Crippen MR) is 103 cm³/mol. The molecule has 4 N–H and O–H groups in total. The maximum Gasteiger partial charge on any atom is 0.223 e. The largest absolute Gasteiger partial charge is 0.370 e. The van der Waals surface area contributed by atoms with E-state index in [0.717, 1.165) is 11.3 Å². The number of carbonyl (C=O) groups excluding carboxylic acids is 1. The van der Waals surface area contributed by atoms with Gasteiger partial charge in [0.05, 0.1) is 17.9 Å². The van der Waals surface area contributed by atoms with E-state index in [9.17, 15) is 9.18 Å².